The van der Waals surface area contributed by atoms with Gasteiger partial charge in [0, 0.05) is 38.8 Å². The number of nitrogens with zero attached hydrogens (tertiary/aromatic N) is 1. The van der Waals surface area contributed by atoms with Gasteiger partial charge in [0.25, 0.3) is 0 Å². The van der Waals surface area contributed by atoms with Crippen LogP contribution in [0.4, 0.5) is 0 Å². The lowest BCUT2D eigenvalue weighted by Crippen LogP contribution is -2.36. The first-order valence-corrected chi connectivity index (χ1v) is 9.91. The average Bonchev–Trinajstić information content (AvgIpc) is 3.16. The lowest BCUT2D eigenvalue weighted by molar-refractivity contribution is 0.172. The predicted molar refractivity (Wildman–Crippen MR) is 109 cm³/mol. The molecule has 0 saturated carbocycles. The number of thiophene rings is 1. The molecule has 0 bridgehead atoms. The molecule has 2 aromatic rings. The van der Waals surface area contributed by atoms with Crippen LogP contribution in [-0.4, -0.2) is 32.8 Å². The van der Waals surface area contributed by atoms with E-state index in [0.717, 1.165) is 30.2 Å². The normalized spacial score (nSPS) is 11.4. The molecule has 0 unspecified atom stereocenters. The summed E-state index contributed by atoms with van der Waals surface area (Å²) in [5.74, 6) is 1.73. The molecule has 0 amide bonds. The summed E-state index contributed by atoms with van der Waals surface area (Å²) in [6.07, 6.45) is 0.877. The van der Waals surface area contributed by atoms with Gasteiger partial charge in [-0.15, -0.1) is 0 Å². The van der Waals surface area contributed by atoms with Gasteiger partial charge < -0.3 is 20.1 Å². The molecule has 26 heavy (non-hydrogen) atoms. The van der Waals surface area contributed by atoms with Gasteiger partial charge in [0.05, 0.1) is 13.2 Å². The summed E-state index contributed by atoms with van der Waals surface area (Å²) in [4.78, 5) is 4.65. The number of guanidine groups is 1. The molecule has 1 heterocycles. The van der Waals surface area contributed by atoms with E-state index in [9.17, 15) is 0 Å². The van der Waals surface area contributed by atoms with Crippen molar-refractivity contribution in [2.45, 2.75) is 33.4 Å². The summed E-state index contributed by atoms with van der Waals surface area (Å²) < 4.78 is 11.0. The first kappa shape index (κ1) is 20.3. The minimum atomic E-state index is 0.649. The number of ether oxygens (including phenoxy) is 2. The molecule has 1 aromatic heterocycles. The highest BCUT2D eigenvalue weighted by Crippen LogP contribution is 2.20. The molecule has 0 atom stereocenters. The highest BCUT2D eigenvalue weighted by Gasteiger charge is 2.06. The molecule has 0 spiro atoms. The molecule has 0 aliphatic heterocycles. The zero-order valence-corrected chi connectivity index (χ0v) is 16.7. The number of aryl methyl sites for hydroxylation is 1. The molecule has 0 radical (unpaired) electrons. The van der Waals surface area contributed by atoms with Gasteiger partial charge in [0.1, 0.15) is 5.75 Å². The fraction of sp³-hybridized carbons (Fsp3) is 0.450. The lowest BCUT2D eigenvalue weighted by Gasteiger charge is -2.15. The van der Waals surface area contributed by atoms with Crippen LogP contribution < -0.4 is 15.4 Å². The second kappa shape index (κ2) is 11.5. The molecule has 142 valence electrons. The Balaban J connectivity index is 1.97. The third kappa shape index (κ3) is 7.06. The van der Waals surface area contributed by atoms with E-state index in [2.05, 4.69) is 64.5 Å². The number of aliphatic imine (C=N–C) groups is 1. The van der Waals surface area contributed by atoms with Crippen LogP contribution in [0.5, 0.6) is 5.75 Å². The van der Waals surface area contributed by atoms with Crippen LogP contribution >= 0.6 is 11.3 Å². The Labute approximate surface area is 160 Å². The van der Waals surface area contributed by atoms with Gasteiger partial charge in [-0.2, -0.15) is 11.3 Å². The largest absolute Gasteiger partial charge is 0.493 e. The third-order valence-corrected chi connectivity index (χ3v) is 4.50. The average molecular weight is 376 g/mol. The monoisotopic (exact) mass is 375 g/mol. The highest BCUT2D eigenvalue weighted by molar-refractivity contribution is 7.07. The molecule has 0 fully saturated rings. The zero-order chi connectivity index (χ0) is 18.6. The van der Waals surface area contributed by atoms with E-state index in [-0.39, 0.29) is 0 Å². The molecule has 5 nitrogen and oxygen atoms in total. The standard InChI is InChI=1S/C20H29N3O2S/c1-4-21-20(22-13-17-8-11-26-15-17)23-14-18-7-6-16(2)12-19(18)25-10-5-9-24-3/h6-8,11-12,15H,4-5,9-10,13-14H2,1-3H3,(H2,21,22,23). The summed E-state index contributed by atoms with van der Waals surface area (Å²) >= 11 is 1.69. The maximum atomic E-state index is 5.95. The summed E-state index contributed by atoms with van der Waals surface area (Å²) in [5, 5.41) is 10.9. The van der Waals surface area contributed by atoms with Gasteiger partial charge in [0.2, 0.25) is 0 Å². The predicted octanol–water partition coefficient (Wildman–Crippen LogP) is 3.73. The second-order valence-electron chi connectivity index (χ2n) is 5.99. The Kier molecular flexibility index (Phi) is 9.00. The third-order valence-electron chi connectivity index (χ3n) is 3.76. The van der Waals surface area contributed by atoms with Crippen LogP contribution in [0.3, 0.4) is 0 Å². The van der Waals surface area contributed by atoms with Gasteiger partial charge in [-0.3, -0.25) is 0 Å². The van der Waals surface area contributed by atoms with Crippen molar-refractivity contribution in [3.05, 3.63) is 51.7 Å². The molecule has 0 aliphatic rings. The first-order chi connectivity index (χ1) is 12.7. The fourth-order valence-corrected chi connectivity index (χ4v) is 3.06. The van der Waals surface area contributed by atoms with Crippen LogP contribution in [-0.2, 0) is 17.8 Å². The summed E-state index contributed by atoms with van der Waals surface area (Å²) in [7, 11) is 1.71. The Morgan fingerprint density at radius 3 is 2.81 bits per heavy atom. The van der Waals surface area contributed by atoms with E-state index in [4.69, 9.17) is 9.47 Å². The molecule has 0 saturated heterocycles. The number of hydrogen-bond acceptors (Lipinski definition) is 4. The molecule has 0 aliphatic carbocycles. The topological polar surface area (TPSA) is 54.9 Å². The van der Waals surface area contributed by atoms with Crippen molar-refractivity contribution in [2.75, 3.05) is 26.9 Å². The minimum absolute atomic E-state index is 0.649. The van der Waals surface area contributed by atoms with E-state index in [1.54, 1.807) is 18.4 Å². The number of benzene rings is 1. The van der Waals surface area contributed by atoms with Crippen molar-refractivity contribution in [2.24, 2.45) is 4.99 Å². The first-order valence-electron chi connectivity index (χ1n) is 8.97. The Hall–Kier alpha value is -2.05. The van der Waals surface area contributed by atoms with Crippen LogP contribution in [0.2, 0.25) is 0 Å². The van der Waals surface area contributed by atoms with Gasteiger partial charge in [-0.05, 0) is 47.9 Å². The van der Waals surface area contributed by atoms with E-state index < -0.39 is 0 Å². The maximum Gasteiger partial charge on any atom is 0.191 e. The zero-order valence-electron chi connectivity index (χ0n) is 15.9. The van der Waals surface area contributed by atoms with Crippen molar-refractivity contribution in [1.82, 2.24) is 10.6 Å². The number of rotatable bonds is 10. The second-order valence-corrected chi connectivity index (χ2v) is 6.77. The van der Waals surface area contributed by atoms with Crippen LogP contribution in [0.15, 0.2) is 40.0 Å². The molecule has 2 N–H and O–H groups in total. The van der Waals surface area contributed by atoms with Crippen molar-refractivity contribution in [3.8, 4) is 5.75 Å². The van der Waals surface area contributed by atoms with E-state index in [0.29, 0.717) is 26.3 Å². The van der Waals surface area contributed by atoms with E-state index in [1.165, 1.54) is 11.1 Å². The van der Waals surface area contributed by atoms with E-state index in [1.807, 2.05) is 0 Å². The maximum absolute atomic E-state index is 5.95. The summed E-state index contributed by atoms with van der Waals surface area (Å²) in [6, 6.07) is 8.40. The molecule has 6 heteroatoms. The van der Waals surface area contributed by atoms with Crippen LogP contribution in [0.25, 0.3) is 0 Å². The summed E-state index contributed by atoms with van der Waals surface area (Å²) in [5.41, 5.74) is 3.53. The van der Waals surface area contributed by atoms with Gasteiger partial charge in [0.15, 0.2) is 5.96 Å². The number of methoxy groups -OCH3 is 1. The van der Waals surface area contributed by atoms with E-state index >= 15 is 0 Å². The summed E-state index contributed by atoms with van der Waals surface area (Å²) in [6.45, 7) is 7.66. The molecule has 1 aromatic carbocycles. The lowest BCUT2D eigenvalue weighted by atomic mass is 10.1. The van der Waals surface area contributed by atoms with Crippen molar-refractivity contribution in [1.29, 1.82) is 0 Å². The van der Waals surface area contributed by atoms with Gasteiger partial charge in [-0.25, -0.2) is 4.99 Å². The smallest absolute Gasteiger partial charge is 0.191 e. The van der Waals surface area contributed by atoms with Crippen molar-refractivity contribution >= 4 is 17.3 Å². The molecule has 2 rings (SSSR count). The molecular formula is C20H29N3O2S. The Bertz CT molecular complexity index is 672. The number of hydrogen-bond donors (Lipinski definition) is 2. The quantitative estimate of drug-likeness (QED) is 0.377. The Morgan fingerprint density at radius 1 is 1.19 bits per heavy atom. The minimum Gasteiger partial charge on any atom is -0.493 e. The van der Waals surface area contributed by atoms with Crippen molar-refractivity contribution < 1.29 is 9.47 Å². The Morgan fingerprint density at radius 2 is 2.08 bits per heavy atom. The van der Waals surface area contributed by atoms with Crippen LogP contribution in [0, 0.1) is 6.92 Å². The fourth-order valence-electron chi connectivity index (χ4n) is 2.40. The van der Waals surface area contributed by atoms with Gasteiger partial charge >= 0.3 is 0 Å². The SMILES string of the molecule is CCNC(=NCc1ccsc1)NCc1ccc(C)cc1OCCCOC. The van der Waals surface area contributed by atoms with Crippen LogP contribution in [0.1, 0.15) is 30.0 Å². The van der Waals surface area contributed by atoms with Gasteiger partial charge in [-0.1, -0.05) is 12.1 Å². The highest BCUT2D eigenvalue weighted by atomic mass is 32.1. The molecular weight excluding hydrogens is 346 g/mol. The van der Waals surface area contributed by atoms with Crippen molar-refractivity contribution in [3.63, 3.8) is 0 Å². The number of nitrogens with one attached hydrogen (secondary N) is 2.